The Bertz CT molecular complexity index is 1070. The van der Waals surface area contributed by atoms with Gasteiger partial charge in [-0.1, -0.05) is 42.5 Å². The third-order valence-electron chi connectivity index (χ3n) is 6.47. The number of rotatable bonds is 2. The summed E-state index contributed by atoms with van der Waals surface area (Å²) in [5, 5.41) is 0. The molecule has 142 valence electrons. The summed E-state index contributed by atoms with van der Waals surface area (Å²) < 4.78 is 2.46. The van der Waals surface area contributed by atoms with Crippen LogP contribution >= 0.6 is 0 Å². The van der Waals surface area contributed by atoms with E-state index in [2.05, 4.69) is 77.5 Å². The minimum Gasteiger partial charge on any atom is -1.00 e. The lowest BCUT2D eigenvalue weighted by Gasteiger charge is -2.48. The number of halogens is 1. The van der Waals surface area contributed by atoms with Crippen molar-refractivity contribution in [1.82, 2.24) is 9.97 Å². The lowest BCUT2D eigenvalue weighted by molar-refractivity contribution is -0.732. The third kappa shape index (κ3) is 2.41. The summed E-state index contributed by atoms with van der Waals surface area (Å²) in [6.45, 7) is 0. The monoisotopic (exact) mass is 397 g/mol. The highest BCUT2D eigenvalue weighted by atomic mass is 35.5. The Kier molecular flexibility index (Phi) is 4.21. The highest BCUT2D eigenvalue weighted by Gasteiger charge is 2.60. The predicted octanol–water partition coefficient (Wildman–Crippen LogP) is 1.19. The molecule has 0 fully saturated rings. The highest BCUT2D eigenvalue weighted by molar-refractivity contribution is 5.52. The second kappa shape index (κ2) is 6.78. The van der Waals surface area contributed by atoms with Crippen LogP contribution in [0.4, 0.5) is 0 Å². The minimum absolute atomic E-state index is 0. The lowest BCUT2D eigenvalue weighted by atomic mass is 9.55. The van der Waals surface area contributed by atoms with Gasteiger partial charge in [-0.05, 0) is 29.8 Å². The van der Waals surface area contributed by atoms with Gasteiger partial charge in [-0.15, -0.1) is 0 Å². The first-order valence-electron chi connectivity index (χ1n) is 9.81. The van der Waals surface area contributed by atoms with Gasteiger partial charge in [0.2, 0.25) is 0 Å². The second-order valence-electron chi connectivity index (χ2n) is 7.72. The van der Waals surface area contributed by atoms with Crippen molar-refractivity contribution in [3.63, 3.8) is 0 Å². The maximum absolute atomic E-state index is 4.87. The normalized spacial score (nSPS) is 20.3. The predicted molar refractivity (Wildman–Crippen MR) is 107 cm³/mol. The summed E-state index contributed by atoms with van der Waals surface area (Å²) in [5.41, 5.74) is 6.11. The van der Waals surface area contributed by atoms with E-state index in [1.807, 2.05) is 24.5 Å². The van der Waals surface area contributed by atoms with Crippen LogP contribution in [0.5, 0.6) is 0 Å². The topological polar surface area (TPSA) is 29.7 Å². The molecule has 3 aliphatic rings. The van der Waals surface area contributed by atoms with Crippen LogP contribution < -0.4 is 17.0 Å². The van der Waals surface area contributed by atoms with Crippen LogP contribution in [0, 0.1) is 0 Å². The average molecular weight is 398 g/mol. The maximum atomic E-state index is 4.87. The van der Waals surface area contributed by atoms with Gasteiger partial charge in [-0.3, -0.25) is 9.97 Å². The van der Waals surface area contributed by atoms with Crippen molar-refractivity contribution in [2.24, 2.45) is 0 Å². The summed E-state index contributed by atoms with van der Waals surface area (Å²) >= 11 is 0. The van der Waals surface area contributed by atoms with Gasteiger partial charge in [0.1, 0.15) is 0 Å². The summed E-state index contributed by atoms with van der Waals surface area (Å²) in [6.07, 6.45) is 7.01. The van der Waals surface area contributed by atoms with Crippen molar-refractivity contribution in [2.75, 3.05) is 0 Å². The van der Waals surface area contributed by atoms with E-state index in [1.165, 1.54) is 16.8 Å². The fraction of sp³-hybridized carbons (Fsp3) is 0.160. The molecule has 0 radical (unpaired) electrons. The van der Waals surface area contributed by atoms with Gasteiger partial charge in [0, 0.05) is 36.5 Å². The molecule has 2 atom stereocenters. The molecule has 0 spiro atoms. The van der Waals surface area contributed by atoms with Crippen molar-refractivity contribution >= 4 is 0 Å². The number of benzene rings is 1. The van der Waals surface area contributed by atoms with Crippen molar-refractivity contribution in [1.29, 1.82) is 0 Å². The molecule has 0 unspecified atom stereocenters. The van der Waals surface area contributed by atoms with Gasteiger partial charge in [-0.25, -0.2) is 0 Å². The van der Waals surface area contributed by atoms with Crippen molar-refractivity contribution in [3.8, 4) is 0 Å². The first-order valence-corrected chi connectivity index (χ1v) is 9.81. The van der Waals surface area contributed by atoms with Crippen LogP contribution in [0.25, 0.3) is 0 Å². The van der Waals surface area contributed by atoms with Crippen LogP contribution in [0.2, 0.25) is 0 Å². The molecule has 3 nitrogen and oxygen atoms in total. The summed E-state index contributed by atoms with van der Waals surface area (Å²) in [5.74, 6) is 0.180. The second-order valence-corrected chi connectivity index (χ2v) is 7.72. The smallest absolute Gasteiger partial charge is 0.190 e. The molecule has 0 N–H and O–H groups in total. The van der Waals surface area contributed by atoms with E-state index in [0.717, 1.165) is 17.8 Å². The molecule has 5 heterocycles. The molecule has 3 aromatic heterocycles. The molecule has 0 amide bonds. The molecule has 2 aliphatic heterocycles. The number of aromatic nitrogens is 3. The number of hydrogen-bond acceptors (Lipinski definition) is 2. The molecule has 4 aromatic rings. The van der Waals surface area contributed by atoms with E-state index in [4.69, 9.17) is 9.97 Å². The Hall–Kier alpha value is -3.04. The summed E-state index contributed by atoms with van der Waals surface area (Å²) in [4.78, 5) is 9.73. The average Bonchev–Trinajstić information content (AvgIpc) is 2.80. The molecule has 2 bridgehead atoms. The van der Waals surface area contributed by atoms with Crippen molar-refractivity contribution < 1.29 is 17.0 Å². The van der Waals surface area contributed by atoms with Gasteiger partial charge in [0.25, 0.3) is 0 Å². The lowest BCUT2D eigenvalue weighted by Crippen LogP contribution is -3.00. The van der Waals surface area contributed by atoms with Crippen molar-refractivity contribution in [2.45, 2.75) is 23.8 Å². The van der Waals surface area contributed by atoms with Crippen LogP contribution in [0.1, 0.15) is 46.6 Å². The van der Waals surface area contributed by atoms with Gasteiger partial charge in [-0.2, -0.15) is 4.57 Å². The number of nitrogens with zero attached hydrogens (tertiary/aromatic N) is 3. The fourth-order valence-electron chi connectivity index (χ4n) is 5.42. The first kappa shape index (κ1) is 18.0. The molecule has 7 rings (SSSR count). The maximum Gasteiger partial charge on any atom is 0.190 e. The van der Waals surface area contributed by atoms with E-state index >= 15 is 0 Å². The number of fused-ring (bicyclic) bond motifs is 1. The molecule has 29 heavy (non-hydrogen) atoms. The van der Waals surface area contributed by atoms with Gasteiger partial charge in [0.15, 0.2) is 17.9 Å². The quantitative estimate of drug-likeness (QED) is 0.476. The summed E-state index contributed by atoms with van der Waals surface area (Å²) in [7, 11) is 0. The molecule has 1 aromatic carbocycles. The molecular weight excluding hydrogens is 378 g/mol. The Balaban J connectivity index is 0.00000181. The first-order chi connectivity index (χ1) is 13.9. The van der Waals surface area contributed by atoms with Crippen LogP contribution in [-0.2, 0) is 5.41 Å². The van der Waals surface area contributed by atoms with Crippen LogP contribution in [0.3, 0.4) is 0 Å². The largest absolute Gasteiger partial charge is 1.00 e. The van der Waals surface area contributed by atoms with Gasteiger partial charge < -0.3 is 12.4 Å². The Morgan fingerprint density at radius 1 is 0.724 bits per heavy atom. The van der Waals surface area contributed by atoms with Gasteiger partial charge >= 0.3 is 0 Å². The van der Waals surface area contributed by atoms with Gasteiger partial charge in [0.05, 0.1) is 22.7 Å². The fourth-order valence-corrected chi connectivity index (χ4v) is 5.42. The van der Waals surface area contributed by atoms with Crippen LogP contribution in [-0.4, -0.2) is 9.97 Å². The van der Waals surface area contributed by atoms with E-state index in [9.17, 15) is 0 Å². The molecule has 1 aliphatic carbocycles. The summed E-state index contributed by atoms with van der Waals surface area (Å²) in [6, 6.07) is 28.3. The zero-order chi connectivity index (χ0) is 18.6. The SMILES string of the molecule is [Cl-].c1ccc(C2(c3ccccn3)C[C@@H]3c4ccccc4[C@H]2c2cccc[n+]23)nc1. The molecular formula is C25H20ClN3. The van der Waals surface area contributed by atoms with Crippen LogP contribution in [0.15, 0.2) is 97.5 Å². The Morgan fingerprint density at radius 3 is 2.00 bits per heavy atom. The third-order valence-corrected chi connectivity index (χ3v) is 6.47. The van der Waals surface area contributed by atoms with E-state index in [1.54, 1.807) is 0 Å². The molecule has 0 saturated carbocycles. The zero-order valence-electron chi connectivity index (χ0n) is 15.8. The minimum atomic E-state index is -0.275. The zero-order valence-corrected chi connectivity index (χ0v) is 16.6. The molecule has 0 saturated heterocycles. The highest BCUT2D eigenvalue weighted by Crippen LogP contribution is 2.58. The van der Waals surface area contributed by atoms with Crippen molar-refractivity contribution in [3.05, 3.63) is 126 Å². The van der Waals surface area contributed by atoms with E-state index < -0.39 is 0 Å². The number of hydrogen-bond donors (Lipinski definition) is 0. The Labute approximate surface area is 176 Å². The Morgan fingerprint density at radius 2 is 1.34 bits per heavy atom. The van der Waals surface area contributed by atoms with E-state index in [-0.39, 0.29) is 29.8 Å². The van der Waals surface area contributed by atoms with E-state index in [0.29, 0.717) is 0 Å². The number of pyridine rings is 3. The molecule has 4 heteroatoms. The standard InChI is InChI=1S/C25H20N3.ClH/c1-2-10-19-18(9-1)21-17-25(22-12-3-6-14-26-22,23-13-4-7-15-27-23)24(19)20-11-5-8-16-28(20)21;/h1-16,21,24H,17H2;1H/q+1;/p-1/t21-,24+;/m1./s1.